The number of ketones is 1. The zero-order valence-corrected chi connectivity index (χ0v) is 11.7. The summed E-state index contributed by atoms with van der Waals surface area (Å²) < 4.78 is 1.67. The Hall–Kier alpha value is -1.85. The highest BCUT2D eigenvalue weighted by atomic mass is 35.5. The standard InChI is InChI=1S/C13H9Cl2N3O2/c14-8-2-3-9(15)11-10(8)12(19)13(20)18(11)7-6-17-5-1-4-16-17/h1-5H,6-7H2. The normalized spacial score (nSPS) is 14.0. The van der Waals surface area contributed by atoms with Gasteiger partial charge in [0.2, 0.25) is 0 Å². The Balaban J connectivity index is 1.96. The molecule has 1 amide bonds. The summed E-state index contributed by atoms with van der Waals surface area (Å²) in [6.07, 6.45) is 3.43. The molecule has 1 aromatic carbocycles. The summed E-state index contributed by atoms with van der Waals surface area (Å²) in [5.74, 6) is -1.23. The average Bonchev–Trinajstić information content (AvgIpc) is 3.02. The quantitative estimate of drug-likeness (QED) is 0.818. The number of hydrogen-bond acceptors (Lipinski definition) is 3. The van der Waals surface area contributed by atoms with Crippen LogP contribution in [0.1, 0.15) is 10.4 Å². The van der Waals surface area contributed by atoms with Crippen molar-refractivity contribution in [3.05, 3.63) is 46.2 Å². The van der Waals surface area contributed by atoms with Crippen LogP contribution in [0.4, 0.5) is 5.69 Å². The summed E-state index contributed by atoms with van der Waals surface area (Å²) in [6, 6.07) is 4.88. The maximum Gasteiger partial charge on any atom is 0.299 e. The third-order valence-corrected chi connectivity index (χ3v) is 3.75. The Labute approximate surface area is 124 Å². The second-order valence-corrected chi connectivity index (χ2v) is 5.12. The third kappa shape index (κ3) is 1.99. The van der Waals surface area contributed by atoms with Crippen molar-refractivity contribution in [2.24, 2.45) is 0 Å². The van der Waals surface area contributed by atoms with Crippen molar-refractivity contribution in [1.82, 2.24) is 9.78 Å². The van der Waals surface area contributed by atoms with Crippen molar-refractivity contribution in [1.29, 1.82) is 0 Å². The molecule has 3 rings (SSSR count). The van der Waals surface area contributed by atoms with Gasteiger partial charge in [-0.2, -0.15) is 5.10 Å². The predicted molar refractivity (Wildman–Crippen MR) is 75.4 cm³/mol. The number of fused-ring (bicyclic) bond motifs is 1. The van der Waals surface area contributed by atoms with Gasteiger partial charge in [-0.3, -0.25) is 14.3 Å². The van der Waals surface area contributed by atoms with Crippen LogP contribution in [0.25, 0.3) is 0 Å². The van der Waals surface area contributed by atoms with Crippen LogP contribution >= 0.6 is 23.2 Å². The minimum atomic E-state index is -0.618. The molecule has 0 saturated carbocycles. The van der Waals surface area contributed by atoms with Crippen molar-refractivity contribution in [2.45, 2.75) is 6.54 Å². The van der Waals surface area contributed by atoms with E-state index in [2.05, 4.69) is 5.10 Å². The smallest absolute Gasteiger partial charge is 0.299 e. The van der Waals surface area contributed by atoms with Crippen molar-refractivity contribution in [3.63, 3.8) is 0 Å². The fourth-order valence-corrected chi connectivity index (χ4v) is 2.70. The molecule has 0 saturated heterocycles. The summed E-state index contributed by atoms with van der Waals surface area (Å²) in [6.45, 7) is 0.771. The van der Waals surface area contributed by atoms with E-state index in [1.807, 2.05) is 0 Å². The van der Waals surface area contributed by atoms with Gasteiger partial charge in [-0.05, 0) is 18.2 Å². The zero-order valence-electron chi connectivity index (χ0n) is 10.2. The second-order valence-electron chi connectivity index (χ2n) is 4.31. The number of anilines is 1. The van der Waals surface area contributed by atoms with Gasteiger partial charge >= 0.3 is 0 Å². The second kappa shape index (κ2) is 4.92. The first kappa shape index (κ1) is 13.1. The lowest BCUT2D eigenvalue weighted by atomic mass is 10.1. The fraction of sp³-hybridized carbons (Fsp3) is 0.154. The van der Waals surface area contributed by atoms with E-state index in [0.29, 0.717) is 23.8 Å². The molecular weight excluding hydrogens is 301 g/mol. The summed E-state index contributed by atoms with van der Waals surface area (Å²) in [4.78, 5) is 25.4. The van der Waals surface area contributed by atoms with Crippen LogP contribution < -0.4 is 4.90 Å². The molecule has 20 heavy (non-hydrogen) atoms. The highest BCUT2D eigenvalue weighted by molar-refractivity contribution is 6.56. The van der Waals surface area contributed by atoms with Crippen LogP contribution in [-0.4, -0.2) is 28.0 Å². The van der Waals surface area contributed by atoms with Gasteiger partial charge in [-0.1, -0.05) is 23.2 Å². The van der Waals surface area contributed by atoms with Gasteiger partial charge in [0, 0.05) is 18.9 Å². The van der Waals surface area contributed by atoms with Gasteiger partial charge in [0.15, 0.2) is 0 Å². The van der Waals surface area contributed by atoms with Crippen molar-refractivity contribution < 1.29 is 9.59 Å². The van der Waals surface area contributed by atoms with E-state index in [9.17, 15) is 9.59 Å². The molecule has 7 heteroatoms. The largest absolute Gasteiger partial charge is 0.301 e. The number of halogens is 2. The van der Waals surface area contributed by atoms with Crippen molar-refractivity contribution in [3.8, 4) is 0 Å². The molecule has 0 spiro atoms. The first-order valence-electron chi connectivity index (χ1n) is 5.91. The minimum absolute atomic E-state index is 0.185. The van der Waals surface area contributed by atoms with E-state index in [4.69, 9.17) is 23.2 Å². The van der Waals surface area contributed by atoms with Crippen LogP contribution in [0.15, 0.2) is 30.6 Å². The first-order valence-corrected chi connectivity index (χ1v) is 6.67. The lowest BCUT2D eigenvalue weighted by Gasteiger charge is -2.17. The number of Topliss-reactive ketones (excluding diaryl/α,β-unsaturated/α-hetero) is 1. The van der Waals surface area contributed by atoms with Crippen LogP contribution in [0.2, 0.25) is 10.0 Å². The molecule has 2 aromatic rings. The Kier molecular flexibility index (Phi) is 3.23. The van der Waals surface area contributed by atoms with Gasteiger partial charge in [-0.25, -0.2) is 0 Å². The molecule has 102 valence electrons. The molecular formula is C13H9Cl2N3O2. The fourth-order valence-electron chi connectivity index (χ4n) is 2.20. The molecule has 0 radical (unpaired) electrons. The van der Waals surface area contributed by atoms with Gasteiger partial charge in [-0.15, -0.1) is 0 Å². The Morgan fingerprint density at radius 3 is 2.55 bits per heavy atom. The van der Waals surface area contributed by atoms with E-state index in [1.165, 1.54) is 11.0 Å². The molecule has 0 atom stereocenters. The predicted octanol–water partition coefficient (Wildman–Crippen LogP) is 2.42. The van der Waals surface area contributed by atoms with E-state index in [-0.39, 0.29) is 10.6 Å². The number of aromatic nitrogens is 2. The van der Waals surface area contributed by atoms with E-state index >= 15 is 0 Å². The molecule has 0 unspecified atom stereocenters. The van der Waals surface area contributed by atoms with E-state index in [0.717, 1.165) is 0 Å². The minimum Gasteiger partial charge on any atom is -0.301 e. The summed E-state index contributed by atoms with van der Waals surface area (Å²) >= 11 is 12.1. The van der Waals surface area contributed by atoms with Crippen LogP contribution in [0, 0.1) is 0 Å². The van der Waals surface area contributed by atoms with Crippen molar-refractivity contribution in [2.75, 3.05) is 11.4 Å². The number of rotatable bonds is 3. The summed E-state index contributed by atoms with van der Waals surface area (Å²) in [5, 5.41) is 4.63. The number of carbonyl (C=O) groups excluding carboxylic acids is 2. The van der Waals surface area contributed by atoms with Gasteiger partial charge in [0.05, 0.1) is 27.8 Å². The highest BCUT2D eigenvalue weighted by Gasteiger charge is 2.39. The van der Waals surface area contributed by atoms with Crippen LogP contribution in [0.3, 0.4) is 0 Å². The maximum absolute atomic E-state index is 12.1. The first-order chi connectivity index (χ1) is 9.59. The SMILES string of the molecule is O=C1C(=O)N(CCn2cccn2)c2c(Cl)ccc(Cl)c21. The Bertz CT molecular complexity index is 698. The number of benzene rings is 1. The Morgan fingerprint density at radius 1 is 1.10 bits per heavy atom. The van der Waals surface area contributed by atoms with Gasteiger partial charge in [0.1, 0.15) is 0 Å². The average molecular weight is 310 g/mol. The third-order valence-electron chi connectivity index (χ3n) is 3.13. The maximum atomic E-state index is 12.1. The number of nitrogens with zero attached hydrogens (tertiary/aromatic N) is 3. The monoisotopic (exact) mass is 309 g/mol. The molecule has 2 heterocycles. The Morgan fingerprint density at radius 2 is 1.85 bits per heavy atom. The molecule has 5 nitrogen and oxygen atoms in total. The van der Waals surface area contributed by atoms with E-state index < -0.39 is 11.7 Å². The summed E-state index contributed by atoms with van der Waals surface area (Å²) in [5.41, 5.74) is 0.575. The molecule has 0 aliphatic carbocycles. The zero-order chi connectivity index (χ0) is 14.3. The topological polar surface area (TPSA) is 55.2 Å². The lowest BCUT2D eigenvalue weighted by molar-refractivity contribution is -0.114. The molecule has 0 fully saturated rings. The molecule has 0 bridgehead atoms. The van der Waals surface area contributed by atoms with Gasteiger partial charge in [0.25, 0.3) is 11.7 Å². The highest BCUT2D eigenvalue weighted by Crippen LogP contribution is 2.39. The number of carbonyl (C=O) groups is 2. The van der Waals surface area contributed by atoms with Crippen LogP contribution in [0.5, 0.6) is 0 Å². The number of amides is 1. The molecule has 1 aliphatic rings. The van der Waals surface area contributed by atoms with Gasteiger partial charge < -0.3 is 4.90 Å². The van der Waals surface area contributed by atoms with Crippen molar-refractivity contribution >= 4 is 40.6 Å². The summed E-state index contributed by atoms with van der Waals surface area (Å²) in [7, 11) is 0. The van der Waals surface area contributed by atoms with Crippen LogP contribution in [-0.2, 0) is 11.3 Å². The number of hydrogen-bond donors (Lipinski definition) is 0. The lowest BCUT2D eigenvalue weighted by Crippen LogP contribution is -2.33. The molecule has 1 aliphatic heterocycles. The van der Waals surface area contributed by atoms with E-state index in [1.54, 1.807) is 29.2 Å². The molecule has 1 aromatic heterocycles. The molecule has 0 N–H and O–H groups in total.